The first-order chi connectivity index (χ1) is 15.4. The van der Waals surface area contributed by atoms with Crippen molar-refractivity contribution in [2.75, 3.05) is 35.0 Å². The summed E-state index contributed by atoms with van der Waals surface area (Å²) in [5, 5.41) is 2.99. The minimum atomic E-state index is -0.542. The largest absolute Gasteiger partial charge is 0.493 e. The molecule has 1 aliphatic rings. The second kappa shape index (κ2) is 10.3. The molecule has 1 aliphatic heterocycles. The van der Waals surface area contributed by atoms with Gasteiger partial charge in [0.25, 0.3) is 0 Å². The Kier molecular flexibility index (Phi) is 7.45. The molecule has 2 amide bonds. The van der Waals surface area contributed by atoms with Gasteiger partial charge in [0.2, 0.25) is 5.75 Å². The Morgan fingerprint density at radius 3 is 2.16 bits per heavy atom. The Hall–Kier alpha value is -3.42. The Labute approximate surface area is 188 Å². The Morgan fingerprint density at radius 2 is 1.62 bits per heavy atom. The van der Waals surface area contributed by atoms with E-state index >= 15 is 0 Å². The number of rotatable bonds is 8. The van der Waals surface area contributed by atoms with Crippen LogP contribution in [-0.2, 0) is 16.0 Å². The van der Waals surface area contributed by atoms with Crippen molar-refractivity contribution in [2.24, 2.45) is 5.92 Å². The molecule has 0 aromatic heterocycles. The summed E-state index contributed by atoms with van der Waals surface area (Å²) in [7, 11) is 6.04. The summed E-state index contributed by atoms with van der Waals surface area (Å²) in [5.41, 5.74) is 1.78. The van der Waals surface area contributed by atoms with Crippen LogP contribution in [-0.4, -0.2) is 57.9 Å². The maximum atomic E-state index is 13.0. The highest BCUT2D eigenvalue weighted by atomic mass is 16.5. The number of ether oxygens (including phenoxy) is 4. The fourth-order valence-corrected chi connectivity index (χ4v) is 4.22. The molecule has 0 radical (unpaired) electrons. The van der Waals surface area contributed by atoms with Crippen LogP contribution in [0.15, 0.2) is 42.5 Å². The Balaban J connectivity index is 1.83. The average molecular weight is 443 g/mol. The van der Waals surface area contributed by atoms with Crippen LogP contribution in [0.25, 0.3) is 0 Å². The maximum absolute atomic E-state index is 13.0. The number of nitrogens with one attached hydrogen (secondary N) is 1. The van der Waals surface area contributed by atoms with Crippen LogP contribution in [0.3, 0.4) is 0 Å². The molecule has 32 heavy (non-hydrogen) atoms. The van der Waals surface area contributed by atoms with Gasteiger partial charge in [-0.1, -0.05) is 30.3 Å². The van der Waals surface area contributed by atoms with E-state index in [4.69, 9.17) is 18.9 Å². The molecule has 2 aromatic rings. The molecule has 0 unspecified atom stereocenters. The van der Waals surface area contributed by atoms with Crippen LogP contribution in [0.2, 0.25) is 0 Å². The van der Waals surface area contributed by atoms with Crippen molar-refractivity contribution < 1.29 is 28.5 Å². The molecule has 8 heteroatoms. The van der Waals surface area contributed by atoms with Crippen LogP contribution in [0.5, 0.6) is 17.2 Å². The Bertz CT molecular complexity index is 924. The van der Waals surface area contributed by atoms with Gasteiger partial charge in [-0.05, 0) is 36.6 Å². The number of amides is 2. The van der Waals surface area contributed by atoms with Gasteiger partial charge < -0.3 is 29.2 Å². The summed E-state index contributed by atoms with van der Waals surface area (Å²) in [6, 6.07) is 12.2. The summed E-state index contributed by atoms with van der Waals surface area (Å²) in [4.78, 5) is 27.4. The number of carbonyl (C=O) groups is 2. The third kappa shape index (κ3) is 4.59. The standard InChI is InChI=1S/C24H30N2O6/c1-15-20(23(27)32-5)21(17-9-7-6-8-10-17)25-24(28)26(15)12-11-16-13-18(29-2)22(31-4)19(14-16)30-3/h6-10,13-15,20-21H,11-12H2,1-5H3,(H,25,28)/t15-,20-,21-/m1/s1. The average Bonchev–Trinajstić information content (AvgIpc) is 2.82. The fourth-order valence-electron chi connectivity index (χ4n) is 4.22. The lowest BCUT2D eigenvalue weighted by Gasteiger charge is -2.43. The first kappa shape index (κ1) is 23.2. The van der Waals surface area contributed by atoms with Gasteiger partial charge in [0.05, 0.1) is 34.5 Å². The lowest BCUT2D eigenvalue weighted by Crippen LogP contribution is -2.60. The lowest BCUT2D eigenvalue weighted by molar-refractivity contribution is -0.149. The van der Waals surface area contributed by atoms with Gasteiger partial charge in [-0.3, -0.25) is 4.79 Å². The van der Waals surface area contributed by atoms with Gasteiger partial charge in [-0.2, -0.15) is 0 Å². The topological polar surface area (TPSA) is 86.3 Å². The van der Waals surface area contributed by atoms with E-state index in [1.807, 2.05) is 49.4 Å². The van der Waals surface area contributed by atoms with Gasteiger partial charge >= 0.3 is 12.0 Å². The zero-order chi connectivity index (χ0) is 23.3. The molecule has 1 saturated heterocycles. The molecule has 1 N–H and O–H groups in total. The zero-order valence-electron chi connectivity index (χ0n) is 19.1. The number of hydrogen-bond acceptors (Lipinski definition) is 6. The van der Waals surface area contributed by atoms with Gasteiger partial charge in [0.15, 0.2) is 11.5 Å². The van der Waals surface area contributed by atoms with Crippen LogP contribution in [0, 0.1) is 5.92 Å². The van der Waals surface area contributed by atoms with E-state index in [0.29, 0.717) is 30.2 Å². The molecule has 1 heterocycles. The quantitative estimate of drug-likeness (QED) is 0.632. The highest BCUT2D eigenvalue weighted by Crippen LogP contribution is 2.39. The second-order valence-corrected chi connectivity index (χ2v) is 7.60. The van der Waals surface area contributed by atoms with E-state index in [9.17, 15) is 9.59 Å². The number of urea groups is 1. The summed E-state index contributed by atoms with van der Waals surface area (Å²) < 4.78 is 21.3. The van der Waals surface area contributed by atoms with Crippen molar-refractivity contribution in [2.45, 2.75) is 25.4 Å². The Morgan fingerprint density at radius 1 is 1.00 bits per heavy atom. The molecule has 3 rings (SSSR count). The monoisotopic (exact) mass is 442 g/mol. The number of carbonyl (C=O) groups excluding carboxylic acids is 2. The van der Waals surface area contributed by atoms with Crippen molar-refractivity contribution in [3.63, 3.8) is 0 Å². The van der Waals surface area contributed by atoms with Gasteiger partial charge in [-0.25, -0.2) is 4.79 Å². The first-order valence-corrected chi connectivity index (χ1v) is 10.4. The van der Waals surface area contributed by atoms with Crippen molar-refractivity contribution in [1.82, 2.24) is 10.2 Å². The van der Waals surface area contributed by atoms with E-state index in [0.717, 1.165) is 11.1 Å². The normalized spacial score (nSPS) is 20.3. The molecular weight excluding hydrogens is 412 g/mol. The maximum Gasteiger partial charge on any atom is 0.318 e. The summed E-state index contributed by atoms with van der Waals surface area (Å²) in [5.74, 6) is 0.715. The summed E-state index contributed by atoms with van der Waals surface area (Å²) >= 11 is 0. The molecule has 1 fully saturated rings. The lowest BCUT2D eigenvalue weighted by atomic mass is 9.85. The van der Waals surface area contributed by atoms with Crippen LogP contribution in [0.1, 0.15) is 24.1 Å². The van der Waals surface area contributed by atoms with Gasteiger partial charge in [0.1, 0.15) is 5.92 Å². The van der Waals surface area contributed by atoms with Gasteiger partial charge in [0, 0.05) is 12.6 Å². The minimum absolute atomic E-state index is 0.223. The summed E-state index contributed by atoms with van der Waals surface area (Å²) in [6.45, 7) is 2.28. The van der Waals surface area contributed by atoms with Crippen LogP contribution < -0.4 is 19.5 Å². The molecule has 2 aromatic carbocycles. The number of benzene rings is 2. The smallest absolute Gasteiger partial charge is 0.318 e. The SMILES string of the molecule is COC(=O)[C@H]1[C@@H](c2ccccc2)NC(=O)N(CCc2cc(OC)c(OC)c(OC)c2)[C@@H]1C. The van der Waals surface area contributed by atoms with E-state index in [-0.39, 0.29) is 18.0 Å². The van der Waals surface area contributed by atoms with Crippen molar-refractivity contribution in [3.05, 3.63) is 53.6 Å². The molecule has 8 nitrogen and oxygen atoms in total. The molecule has 172 valence electrons. The number of esters is 1. The third-order valence-corrected chi connectivity index (χ3v) is 5.91. The van der Waals surface area contributed by atoms with Crippen molar-refractivity contribution >= 4 is 12.0 Å². The highest BCUT2D eigenvalue weighted by molar-refractivity contribution is 5.82. The molecule has 0 saturated carbocycles. The van der Waals surface area contributed by atoms with E-state index in [1.54, 1.807) is 26.2 Å². The zero-order valence-corrected chi connectivity index (χ0v) is 19.1. The van der Waals surface area contributed by atoms with E-state index in [1.165, 1.54) is 7.11 Å². The molecule has 0 aliphatic carbocycles. The molecule has 3 atom stereocenters. The highest BCUT2D eigenvalue weighted by Gasteiger charge is 2.44. The van der Waals surface area contributed by atoms with Gasteiger partial charge in [-0.15, -0.1) is 0 Å². The molecule has 0 spiro atoms. The van der Waals surface area contributed by atoms with E-state index < -0.39 is 12.0 Å². The number of methoxy groups -OCH3 is 4. The third-order valence-electron chi connectivity index (χ3n) is 5.91. The minimum Gasteiger partial charge on any atom is -0.493 e. The van der Waals surface area contributed by atoms with Crippen molar-refractivity contribution in [1.29, 1.82) is 0 Å². The predicted octanol–water partition coefficient (Wildman–Crippen LogP) is 3.20. The van der Waals surface area contributed by atoms with Crippen molar-refractivity contribution in [3.8, 4) is 17.2 Å². The second-order valence-electron chi connectivity index (χ2n) is 7.60. The predicted molar refractivity (Wildman–Crippen MR) is 119 cm³/mol. The fraction of sp³-hybridized carbons (Fsp3) is 0.417. The molecular formula is C24H30N2O6. The first-order valence-electron chi connectivity index (χ1n) is 10.4. The molecule has 0 bridgehead atoms. The van der Waals surface area contributed by atoms with Crippen LogP contribution >= 0.6 is 0 Å². The number of nitrogens with zero attached hydrogens (tertiary/aromatic N) is 1. The summed E-state index contributed by atoms with van der Waals surface area (Å²) in [6.07, 6.45) is 0.540. The van der Waals surface area contributed by atoms with Crippen LogP contribution in [0.4, 0.5) is 4.79 Å². The van der Waals surface area contributed by atoms with E-state index in [2.05, 4.69) is 5.32 Å². The number of hydrogen-bond donors (Lipinski definition) is 1.